The maximum Gasteiger partial charge on any atom is 0.335 e. The van der Waals surface area contributed by atoms with Gasteiger partial charge >= 0.3 is 5.97 Å². The highest BCUT2D eigenvalue weighted by molar-refractivity contribution is 7.94. The smallest absolute Gasteiger partial charge is 0.335 e. The number of aromatic carboxylic acids is 1. The molecule has 0 unspecified atom stereocenters. The number of carboxylic acids is 1. The quantitative estimate of drug-likeness (QED) is 0.852. The van der Waals surface area contributed by atoms with E-state index in [1.165, 1.54) is 39.1 Å². The second kappa shape index (κ2) is 4.33. The van der Waals surface area contributed by atoms with Crippen molar-refractivity contribution in [2.45, 2.75) is 25.5 Å². The molecule has 0 aliphatic carbocycles. The van der Waals surface area contributed by atoms with Crippen molar-refractivity contribution in [3.63, 3.8) is 0 Å². The van der Waals surface area contributed by atoms with Gasteiger partial charge in [-0.3, -0.25) is 4.72 Å². The Bertz CT molecular complexity index is 531. The number of rotatable bonds is 3. The van der Waals surface area contributed by atoms with Crippen LogP contribution in [0.25, 0.3) is 0 Å². The fourth-order valence-corrected chi connectivity index (χ4v) is 1.60. The summed E-state index contributed by atoms with van der Waals surface area (Å²) in [6.07, 6.45) is 1.24. The van der Waals surface area contributed by atoms with Crippen LogP contribution in [0.5, 0.6) is 0 Å². The van der Waals surface area contributed by atoms with E-state index in [1.807, 2.05) is 0 Å². The van der Waals surface area contributed by atoms with Crippen molar-refractivity contribution in [2.75, 3.05) is 4.72 Å². The van der Waals surface area contributed by atoms with Crippen LogP contribution in [0.2, 0.25) is 0 Å². The molecule has 1 heterocycles. The lowest BCUT2D eigenvalue weighted by molar-refractivity contribution is 0.0697. The van der Waals surface area contributed by atoms with Gasteiger partial charge < -0.3 is 5.11 Å². The highest BCUT2D eigenvalue weighted by Gasteiger charge is 2.29. The molecule has 0 saturated carbocycles. The first-order valence-electron chi connectivity index (χ1n) is 4.85. The number of pyridine rings is 1. The van der Waals surface area contributed by atoms with Crippen LogP contribution in [0.1, 0.15) is 31.1 Å². The van der Waals surface area contributed by atoms with E-state index < -0.39 is 20.7 Å². The Morgan fingerprint density at radius 1 is 1.41 bits per heavy atom. The predicted octanol–water partition coefficient (Wildman–Crippen LogP) is 1.32. The Kier molecular flexibility index (Phi) is 3.42. The largest absolute Gasteiger partial charge is 0.478 e. The molecule has 0 amide bonds. The molecule has 0 atom stereocenters. The second-order valence-electron chi connectivity index (χ2n) is 4.45. The Morgan fingerprint density at radius 3 is 2.47 bits per heavy atom. The van der Waals surface area contributed by atoms with Gasteiger partial charge in [-0.2, -0.15) is 0 Å². The number of hydrogen-bond donors (Lipinski definition) is 2. The molecule has 94 valence electrons. The van der Waals surface area contributed by atoms with E-state index in [-0.39, 0.29) is 11.4 Å². The van der Waals surface area contributed by atoms with Gasteiger partial charge in [-0.1, -0.05) is 0 Å². The monoisotopic (exact) mass is 258 g/mol. The summed E-state index contributed by atoms with van der Waals surface area (Å²) < 4.78 is 24.9. The molecule has 0 aliphatic rings. The van der Waals surface area contributed by atoms with Gasteiger partial charge in [0.1, 0.15) is 5.82 Å². The Hall–Kier alpha value is -1.63. The molecule has 0 fully saturated rings. The number of nitrogens with zero attached hydrogens (tertiary/aromatic N) is 1. The maximum atomic E-state index is 11.8. The molecule has 2 N–H and O–H groups in total. The van der Waals surface area contributed by atoms with Gasteiger partial charge in [0.25, 0.3) is 0 Å². The summed E-state index contributed by atoms with van der Waals surface area (Å²) in [7, 11) is -3.60. The first kappa shape index (κ1) is 13.4. The molecule has 6 nitrogen and oxygen atoms in total. The fraction of sp³-hybridized carbons (Fsp3) is 0.400. The summed E-state index contributed by atoms with van der Waals surface area (Å²) in [5, 5.41) is 8.76. The van der Waals surface area contributed by atoms with Crippen LogP contribution in [0.3, 0.4) is 0 Å². The molecule has 1 aromatic heterocycles. The van der Waals surface area contributed by atoms with Crippen LogP contribution >= 0.6 is 0 Å². The van der Waals surface area contributed by atoms with Gasteiger partial charge in [-0.15, -0.1) is 0 Å². The van der Waals surface area contributed by atoms with E-state index in [4.69, 9.17) is 5.11 Å². The predicted molar refractivity (Wildman–Crippen MR) is 63.5 cm³/mol. The number of nitrogens with one attached hydrogen (secondary N) is 1. The van der Waals surface area contributed by atoms with Crippen molar-refractivity contribution in [2.24, 2.45) is 0 Å². The summed E-state index contributed by atoms with van der Waals surface area (Å²) in [6, 6.07) is 2.46. The lowest BCUT2D eigenvalue weighted by Crippen LogP contribution is -2.34. The van der Waals surface area contributed by atoms with Crippen LogP contribution in [-0.2, 0) is 10.0 Å². The average Bonchev–Trinajstić information content (AvgIpc) is 2.15. The molecule has 0 radical (unpaired) electrons. The normalized spacial score (nSPS) is 12.2. The van der Waals surface area contributed by atoms with Crippen LogP contribution in [0, 0.1) is 0 Å². The molecule has 1 rings (SSSR count). The van der Waals surface area contributed by atoms with E-state index in [9.17, 15) is 13.2 Å². The van der Waals surface area contributed by atoms with Crippen LogP contribution in [0.4, 0.5) is 5.82 Å². The van der Waals surface area contributed by atoms with Crippen molar-refractivity contribution in [3.8, 4) is 0 Å². The number of carbonyl (C=O) groups is 1. The molecule has 7 heteroatoms. The minimum Gasteiger partial charge on any atom is -0.478 e. The number of sulfonamides is 1. The molecule has 0 aliphatic heterocycles. The van der Waals surface area contributed by atoms with Crippen molar-refractivity contribution < 1.29 is 18.3 Å². The Balaban J connectivity index is 3.05. The lowest BCUT2D eigenvalue weighted by atomic mass is 10.3. The molecule has 17 heavy (non-hydrogen) atoms. The molecular formula is C10H14N2O4S. The van der Waals surface area contributed by atoms with Crippen LogP contribution < -0.4 is 4.72 Å². The van der Waals surface area contributed by atoms with Crippen LogP contribution in [-0.4, -0.2) is 29.2 Å². The molecule has 0 saturated heterocycles. The standard InChI is InChI=1S/C10H14N2O4S/c1-10(2,3)17(15,16)12-8-6-7(9(13)14)4-5-11-8/h4-6H,1-3H3,(H,11,12)(H,13,14). The first-order valence-corrected chi connectivity index (χ1v) is 6.33. The Labute approximate surface area is 99.7 Å². The molecule has 1 aromatic rings. The number of carboxylic acid groups (broad SMARTS) is 1. The summed E-state index contributed by atoms with van der Waals surface area (Å²) in [6.45, 7) is 4.61. The zero-order valence-corrected chi connectivity index (χ0v) is 10.6. The topological polar surface area (TPSA) is 96.4 Å². The van der Waals surface area contributed by atoms with Crippen molar-refractivity contribution in [1.29, 1.82) is 0 Å². The SMILES string of the molecule is CC(C)(C)S(=O)(=O)Nc1cc(C(=O)O)ccn1. The number of anilines is 1. The van der Waals surface area contributed by atoms with Gasteiger partial charge in [0, 0.05) is 6.20 Å². The first-order chi connectivity index (χ1) is 7.63. The number of aromatic nitrogens is 1. The fourth-order valence-electron chi connectivity index (χ4n) is 0.910. The van der Waals surface area contributed by atoms with Crippen LogP contribution in [0.15, 0.2) is 18.3 Å². The van der Waals surface area contributed by atoms with E-state index in [0.29, 0.717) is 0 Å². The molecule has 0 aromatic carbocycles. The lowest BCUT2D eigenvalue weighted by Gasteiger charge is -2.19. The van der Waals surface area contributed by atoms with Gasteiger partial charge in [-0.05, 0) is 32.9 Å². The van der Waals surface area contributed by atoms with E-state index in [2.05, 4.69) is 9.71 Å². The molecule has 0 bridgehead atoms. The van der Waals surface area contributed by atoms with E-state index in [1.54, 1.807) is 0 Å². The summed E-state index contributed by atoms with van der Waals surface area (Å²) >= 11 is 0. The maximum absolute atomic E-state index is 11.8. The summed E-state index contributed by atoms with van der Waals surface area (Å²) in [5.41, 5.74) is -0.0217. The van der Waals surface area contributed by atoms with Gasteiger partial charge in [-0.25, -0.2) is 18.2 Å². The van der Waals surface area contributed by atoms with E-state index >= 15 is 0 Å². The summed E-state index contributed by atoms with van der Waals surface area (Å²) in [5.74, 6) is -1.14. The third kappa shape index (κ3) is 3.16. The minimum absolute atomic E-state index is 0.000162. The van der Waals surface area contributed by atoms with Crippen molar-refractivity contribution in [1.82, 2.24) is 4.98 Å². The Morgan fingerprint density at radius 2 is 2.00 bits per heavy atom. The van der Waals surface area contributed by atoms with Gasteiger partial charge in [0.05, 0.1) is 10.3 Å². The van der Waals surface area contributed by atoms with Crippen molar-refractivity contribution in [3.05, 3.63) is 23.9 Å². The highest BCUT2D eigenvalue weighted by Crippen LogP contribution is 2.18. The second-order valence-corrected chi connectivity index (χ2v) is 6.89. The zero-order valence-electron chi connectivity index (χ0n) is 9.76. The third-order valence-electron chi connectivity index (χ3n) is 2.05. The third-order valence-corrected chi connectivity index (χ3v) is 4.14. The van der Waals surface area contributed by atoms with Gasteiger partial charge in [0.2, 0.25) is 10.0 Å². The molecule has 0 spiro atoms. The molecular weight excluding hydrogens is 244 g/mol. The summed E-state index contributed by atoms with van der Waals surface area (Å²) in [4.78, 5) is 14.5. The van der Waals surface area contributed by atoms with Crippen molar-refractivity contribution >= 4 is 21.8 Å². The average molecular weight is 258 g/mol. The minimum atomic E-state index is -3.60. The zero-order chi connectivity index (χ0) is 13.3. The number of hydrogen-bond acceptors (Lipinski definition) is 4. The van der Waals surface area contributed by atoms with E-state index in [0.717, 1.165) is 0 Å². The highest BCUT2D eigenvalue weighted by atomic mass is 32.2. The van der Waals surface area contributed by atoms with Gasteiger partial charge in [0.15, 0.2) is 0 Å².